The van der Waals surface area contributed by atoms with Crippen molar-refractivity contribution >= 4 is 0 Å². The highest BCUT2D eigenvalue weighted by Crippen LogP contribution is 2.39. The van der Waals surface area contributed by atoms with E-state index in [-0.39, 0.29) is 6.10 Å². The maximum absolute atomic E-state index is 10.4. The van der Waals surface area contributed by atoms with Crippen LogP contribution in [-0.4, -0.2) is 27.9 Å². The van der Waals surface area contributed by atoms with Crippen molar-refractivity contribution in [1.29, 1.82) is 0 Å². The molecule has 16 heavy (non-hydrogen) atoms. The van der Waals surface area contributed by atoms with E-state index in [1.807, 2.05) is 12.5 Å². The van der Waals surface area contributed by atoms with Crippen molar-refractivity contribution in [2.45, 2.75) is 37.8 Å². The van der Waals surface area contributed by atoms with Gasteiger partial charge in [0.25, 0.3) is 0 Å². The lowest BCUT2D eigenvalue weighted by Crippen LogP contribution is -2.23. The van der Waals surface area contributed by atoms with E-state index in [1.165, 1.54) is 12.8 Å². The zero-order chi connectivity index (χ0) is 11.0. The highest BCUT2D eigenvalue weighted by atomic mass is 16.5. The SMILES string of the molecule is OC(c1cncn1C1CC1)C1CCOCC1. The Labute approximate surface area is 95.3 Å². The average Bonchev–Trinajstić information content (AvgIpc) is 3.07. The van der Waals surface area contributed by atoms with E-state index in [0.29, 0.717) is 12.0 Å². The van der Waals surface area contributed by atoms with Crippen molar-refractivity contribution in [2.24, 2.45) is 5.92 Å². The first-order chi connectivity index (χ1) is 7.86. The van der Waals surface area contributed by atoms with E-state index < -0.39 is 0 Å². The second kappa shape index (κ2) is 4.18. The fraction of sp³-hybridized carbons (Fsp3) is 0.750. The number of hydrogen-bond donors (Lipinski definition) is 1. The van der Waals surface area contributed by atoms with Gasteiger partial charge in [-0.2, -0.15) is 0 Å². The van der Waals surface area contributed by atoms with Crippen molar-refractivity contribution in [3.8, 4) is 0 Å². The van der Waals surface area contributed by atoms with Crippen LogP contribution in [0.3, 0.4) is 0 Å². The first-order valence-electron chi connectivity index (χ1n) is 6.14. The van der Waals surface area contributed by atoms with Gasteiger partial charge >= 0.3 is 0 Å². The molecule has 0 aromatic carbocycles. The Balaban J connectivity index is 1.76. The molecule has 3 rings (SSSR count). The number of aromatic nitrogens is 2. The summed E-state index contributed by atoms with van der Waals surface area (Å²) in [5.74, 6) is 0.336. The molecular formula is C12H18N2O2. The van der Waals surface area contributed by atoms with Crippen molar-refractivity contribution in [3.05, 3.63) is 18.2 Å². The summed E-state index contributed by atoms with van der Waals surface area (Å²) in [6, 6.07) is 0.590. The Morgan fingerprint density at radius 2 is 2.06 bits per heavy atom. The first kappa shape index (κ1) is 10.3. The van der Waals surface area contributed by atoms with E-state index in [1.54, 1.807) is 0 Å². The predicted octanol–water partition coefficient (Wildman–Crippen LogP) is 1.68. The third-order valence-corrected chi connectivity index (χ3v) is 3.65. The Hall–Kier alpha value is -0.870. The smallest absolute Gasteiger partial charge is 0.0985 e. The fourth-order valence-electron chi connectivity index (χ4n) is 2.47. The van der Waals surface area contributed by atoms with Gasteiger partial charge in [-0.1, -0.05) is 0 Å². The van der Waals surface area contributed by atoms with E-state index in [4.69, 9.17) is 4.74 Å². The molecule has 1 aromatic rings. The Kier molecular flexibility index (Phi) is 2.69. The molecule has 1 N–H and O–H groups in total. The lowest BCUT2D eigenvalue weighted by atomic mass is 9.92. The summed E-state index contributed by atoms with van der Waals surface area (Å²) in [4.78, 5) is 4.17. The molecule has 1 aliphatic carbocycles. The molecule has 1 atom stereocenters. The van der Waals surface area contributed by atoms with Crippen molar-refractivity contribution in [1.82, 2.24) is 9.55 Å². The summed E-state index contributed by atoms with van der Waals surface area (Å²) in [5.41, 5.74) is 0.995. The number of ether oxygens (including phenoxy) is 1. The number of imidazole rings is 1. The largest absolute Gasteiger partial charge is 0.387 e. The number of hydrogen-bond acceptors (Lipinski definition) is 3. The zero-order valence-electron chi connectivity index (χ0n) is 9.38. The van der Waals surface area contributed by atoms with E-state index in [9.17, 15) is 5.11 Å². The van der Waals surface area contributed by atoms with Gasteiger partial charge in [0.15, 0.2) is 0 Å². The zero-order valence-corrected chi connectivity index (χ0v) is 9.38. The summed E-state index contributed by atoms with van der Waals surface area (Å²) in [7, 11) is 0. The standard InChI is InChI=1S/C12H18N2O2/c15-12(9-3-5-16-6-4-9)11-7-13-8-14(11)10-1-2-10/h7-10,12,15H,1-6H2. The third-order valence-electron chi connectivity index (χ3n) is 3.65. The van der Waals surface area contributed by atoms with Crippen LogP contribution in [-0.2, 0) is 4.74 Å². The minimum Gasteiger partial charge on any atom is -0.387 e. The number of aliphatic hydroxyl groups excluding tert-OH is 1. The lowest BCUT2D eigenvalue weighted by Gasteiger charge is -2.27. The molecule has 2 aliphatic rings. The van der Waals surface area contributed by atoms with E-state index in [0.717, 1.165) is 31.7 Å². The van der Waals surface area contributed by atoms with Crippen LogP contribution in [0.5, 0.6) is 0 Å². The summed E-state index contributed by atoms with van der Waals surface area (Å²) < 4.78 is 7.48. The predicted molar refractivity (Wildman–Crippen MR) is 59.0 cm³/mol. The molecule has 2 fully saturated rings. The van der Waals surface area contributed by atoms with Crippen molar-refractivity contribution in [2.75, 3.05) is 13.2 Å². The topological polar surface area (TPSA) is 47.3 Å². The fourth-order valence-corrected chi connectivity index (χ4v) is 2.47. The minimum atomic E-state index is -0.369. The molecule has 2 heterocycles. The van der Waals surface area contributed by atoms with Crippen LogP contribution in [0.1, 0.15) is 43.5 Å². The second-order valence-corrected chi connectivity index (χ2v) is 4.85. The van der Waals surface area contributed by atoms with Gasteiger partial charge in [0.05, 0.1) is 24.3 Å². The molecule has 1 saturated carbocycles. The van der Waals surface area contributed by atoms with Crippen molar-refractivity contribution in [3.63, 3.8) is 0 Å². The molecule has 1 saturated heterocycles. The molecule has 4 nitrogen and oxygen atoms in total. The maximum Gasteiger partial charge on any atom is 0.0985 e. The summed E-state index contributed by atoms with van der Waals surface area (Å²) in [5, 5.41) is 10.4. The number of aliphatic hydroxyl groups is 1. The molecule has 0 spiro atoms. The normalized spacial score (nSPS) is 24.6. The molecule has 1 unspecified atom stereocenters. The molecule has 0 radical (unpaired) electrons. The van der Waals surface area contributed by atoms with Gasteiger partial charge in [0.2, 0.25) is 0 Å². The van der Waals surface area contributed by atoms with Gasteiger partial charge in [0.1, 0.15) is 0 Å². The van der Waals surface area contributed by atoms with Gasteiger partial charge in [0, 0.05) is 19.3 Å². The van der Waals surface area contributed by atoms with Gasteiger partial charge in [-0.05, 0) is 31.6 Å². The molecule has 0 bridgehead atoms. The number of nitrogens with zero attached hydrogens (tertiary/aromatic N) is 2. The van der Waals surface area contributed by atoms with Gasteiger partial charge in [-0.3, -0.25) is 0 Å². The van der Waals surface area contributed by atoms with Crippen molar-refractivity contribution < 1.29 is 9.84 Å². The van der Waals surface area contributed by atoms with Crippen LogP contribution in [0, 0.1) is 5.92 Å². The van der Waals surface area contributed by atoms with Gasteiger partial charge in [-0.15, -0.1) is 0 Å². The average molecular weight is 222 g/mol. The molecule has 0 amide bonds. The summed E-state index contributed by atoms with van der Waals surface area (Å²) >= 11 is 0. The highest BCUT2D eigenvalue weighted by molar-refractivity contribution is 5.08. The van der Waals surface area contributed by atoms with Gasteiger partial charge < -0.3 is 14.4 Å². The lowest BCUT2D eigenvalue weighted by molar-refractivity contribution is 0.00421. The quantitative estimate of drug-likeness (QED) is 0.846. The Bertz CT molecular complexity index is 354. The second-order valence-electron chi connectivity index (χ2n) is 4.85. The molecule has 1 aliphatic heterocycles. The van der Waals surface area contributed by atoms with E-state index >= 15 is 0 Å². The minimum absolute atomic E-state index is 0.336. The molecule has 1 aromatic heterocycles. The van der Waals surface area contributed by atoms with Crippen LogP contribution in [0.15, 0.2) is 12.5 Å². The van der Waals surface area contributed by atoms with Gasteiger partial charge in [-0.25, -0.2) is 4.98 Å². The van der Waals surface area contributed by atoms with Crippen LogP contribution >= 0.6 is 0 Å². The first-order valence-corrected chi connectivity index (χ1v) is 6.14. The van der Waals surface area contributed by atoms with Crippen LogP contribution in [0.2, 0.25) is 0 Å². The maximum atomic E-state index is 10.4. The molecule has 4 heteroatoms. The van der Waals surface area contributed by atoms with E-state index in [2.05, 4.69) is 9.55 Å². The molecule has 88 valence electrons. The van der Waals surface area contributed by atoms with Crippen LogP contribution in [0.25, 0.3) is 0 Å². The Morgan fingerprint density at radius 1 is 1.31 bits per heavy atom. The highest BCUT2D eigenvalue weighted by Gasteiger charge is 2.31. The summed E-state index contributed by atoms with van der Waals surface area (Å²) in [6.45, 7) is 1.55. The monoisotopic (exact) mass is 222 g/mol. The van der Waals surface area contributed by atoms with Crippen LogP contribution < -0.4 is 0 Å². The van der Waals surface area contributed by atoms with Crippen LogP contribution in [0.4, 0.5) is 0 Å². The third kappa shape index (κ3) is 1.87. The molecular weight excluding hydrogens is 204 g/mol. The number of rotatable bonds is 3. The Morgan fingerprint density at radius 3 is 2.75 bits per heavy atom. The summed E-state index contributed by atoms with van der Waals surface area (Å²) in [6.07, 6.45) is 7.67.